The van der Waals surface area contributed by atoms with Crippen molar-refractivity contribution in [1.82, 2.24) is 0 Å². The van der Waals surface area contributed by atoms with Crippen LogP contribution in [0.4, 0.5) is 0 Å². The van der Waals surface area contributed by atoms with Crippen LogP contribution in [0.2, 0.25) is 0 Å². The molecular formula is H3KO3Ti. The predicted octanol–water partition coefficient (Wildman–Crippen LogP) is -3.95. The summed E-state index contributed by atoms with van der Waals surface area (Å²) in [7, 11) is 0. The van der Waals surface area contributed by atoms with Gasteiger partial charge in [0.25, 0.3) is 0 Å². The first-order chi connectivity index (χ1) is 1.41. The van der Waals surface area contributed by atoms with Crippen molar-refractivity contribution in [2.75, 3.05) is 0 Å². The molecule has 0 aromatic heterocycles. The van der Waals surface area contributed by atoms with Crippen LogP contribution in [0.15, 0.2) is 0 Å². The van der Waals surface area contributed by atoms with E-state index < -0.39 is 19.1 Å². The molecular weight excluding hydrogens is 135 g/mol. The van der Waals surface area contributed by atoms with E-state index in [-0.39, 0.29) is 58.3 Å². The van der Waals surface area contributed by atoms with Crippen LogP contribution in [0.3, 0.4) is 0 Å². The van der Waals surface area contributed by atoms with Gasteiger partial charge in [0.1, 0.15) is 0 Å². The molecule has 5 heteroatoms. The zero-order chi connectivity index (χ0) is 2.71. The van der Waals surface area contributed by atoms with Crippen molar-refractivity contribution in [3.8, 4) is 0 Å². The second kappa shape index (κ2) is 16.8. The molecule has 0 heterocycles. The van der Waals surface area contributed by atoms with Crippen molar-refractivity contribution in [2.24, 2.45) is 0 Å². The topological polar surface area (TPSA) is 65.6 Å². The van der Waals surface area contributed by atoms with E-state index >= 15 is 0 Å². The van der Waals surface area contributed by atoms with E-state index in [2.05, 4.69) is 0 Å². The third kappa shape index (κ3) is 24.8. The Morgan fingerprint density at radius 2 is 1.40 bits per heavy atom. The van der Waals surface area contributed by atoms with Gasteiger partial charge in [0, 0.05) is 0 Å². The molecule has 2 N–H and O–H groups in total. The SMILES string of the molecule is O.[H-].[K+].[O]=[Ti]=[O]. The molecule has 0 aromatic rings. The van der Waals surface area contributed by atoms with Gasteiger partial charge < -0.3 is 6.90 Å². The maximum absolute atomic E-state index is 8.50. The van der Waals surface area contributed by atoms with Gasteiger partial charge >= 0.3 is 77.1 Å². The van der Waals surface area contributed by atoms with E-state index in [0.717, 1.165) is 0 Å². The molecule has 0 rings (SSSR count). The first-order valence-corrected chi connectivity index (χ1v) is 1.68. The number of rotatable bonds is 0. The summed E-state index contributed by atoms with van der Waals surface area (Å²) in [6.07, 6.45) is 0. The van der Waals surface area contributed by atoms with E-state index in [0.29, 0.717) is 0 Å². The van der Waals surface area contributed by atoms with Crippen LogP contribution in [0.25, 0.3) is 0 Å². The van der Waals surface area contributed by atoms with E-state index in [9.17, 15) is 0 Å². The van der Waals surface area contributed by atoms with Crippen LogP contribution in [-0.4, -0.2) is 5.48 Å². The molecule has 0 aliphatic rings. The summed E-state index contributed by atoms with van der Waals surface area (Å²) >= 11 is -2.00. The van der Waals surface area contributed by atoms with Crippen LogP contribution in [-0.2, 0) is 25.7 Å². The molecule has 0 atom stereocenters. The summed E-state index contributed by atoms with van der Waals surface area (Å²) in [5.41, 5.74) is 0. The molecule has 0 radical (unpaired) electrons. The molecule has 0 fully saturated rings. The molecule has 0 saturated heterocycles. The quantitative estimate of drug-likeness (QED) is 0.320. The van der Waals surface area contributed by atoms with Crippen molar-refractivity contribution < 1.29 is 84.0 Å². The molecule has 0 amide bonds. The van der Waals surface area contributed by atoms with E-state index in [1.54, 1.807) is 0 Å². The van der Waals surface area contributed by atoms with Crippen molar-refractivity contribution in [2.45, 2.75) is 0 Å². The molecule has 26 valence electrons. The van der Waals surface area contributed by atoms with Crippen molar-refractivity contribution in [3.05, 3.63) is 0 Å². The molecule has 0 aliphatic carbocycles. The van der Waals surface area contributed by atoms with Crippen LogP contribution in [0, 0.1) is 0 Å². The van der Waals surface area contributed by atoms with Crippen LogP contribution in [0.5, 0.6) is 0 Å². The monoisotopic (exact) mass is 138 g/mol. The Balaban J connectivity index is -0.00000000667. The van der Waals surface area contributed by atoms with Gasteiger partial charge in [-0.15, -0.1) is 0 Å². The molecule has 0 aliphatic heterocycles. The Labute approximate surface area is 82.3 Å². The first kappa shape index (κ1) is 15.8. The van der Waals surface area contributed by atoms with Gasteiger partial charge in [-0.2, -0.15) is 0 Å². The predicted molar refractivity (Wildman–Crippen MR) is 6.10 cm³/mol. The fourth-order valence-electron chi connectivity index (χ4n) is 0. The normalized spacial score (nSPS) is 1.60. The molecule has 5 heavy (non-hydrogen) atoms. The zero-order valence-corrected chi connectivity index (χ0v) is 7.50. The fourth-order valence-corrected chi connectivity index (χ4v) is 0. The summed E-state index contributed by atoms with van der Waals surface area (Å²) < 4.78 is 17.0. The van der Waals surface area contributed by atoms with Crippen LogP contribution in [0.1, 0.15) is 1.43 Å². The summed E-state index contributed by atoms with van der Waals surface area (Å²) in [4.78, 5) is 0. The summed E-state index contributed by atoms with van der Waals surface area (Å²) in [5.74, 6) is 0. The van der Waals surface area contributed by atoms with E-state index in [1.165, 1.54) is 0 Å². The van der Waals surface area contributed by atoms with Crippen molar-refractivity contribution in [3.63, 3.8) is 0 Å². The third-order valence-electron chi connectivity index (χ3n) is 0. The molecule has 0 saturated carbocycles. The second-order valence-electron chi connectivity index (χ2n) is 0.0833. The minimum absolute atomic E-state index is 0. The minimum atomic E-state index is -2.00. The summed E-state index contributed by atoms with van der Waals surface area (Å²) in [6, 6.07) is 0. The van der Waals surface area contributed by atoms with Gasteiger partial charge in [-0.1, -0.05) is 0 Å². The maximum atomic E-state index is 8.50. The van der Waals surface area contributed by atoms with Gasteiger partial charge in [-0.25, -0.2) is 0 Å². The van der Waals surface area contributed by atoms with Gasteiger partial charge in [0.15, 0.2) is 0 Å². The summed E-state index contributed by atoms with van der Waals surface area (Å²) in [6.45, 7) is 0. The van der Waals surface area contributed by atoms with Crippen LogP contribution >= 0.6 is 0 Å². The van der Waals surface area contributed by atoms with Gasteiger partial charge in [-0.05, 0) is 0 Å². The average molecular weight is 138 g/mol. The Kier molecular flexibility index (Phi) is 53.1. The van der Waals surface area contributed by atoms with Crippen molar-refractivity contribution >= 4 is 0 Å². The standard InChI is InChI=1S/K.H2O.2O.Ti.H/h;1H2;;;;/q+1;;;;;-1. The number of hydrogen-bond donors (Lipinski definition) is 0. The fraction of sp³-hybridized carbons (Fsp3) is 0. The van der Waals surface area contributed by atoms with Gasteiger partial charge in [0.2, 0.25) is 0 Å². The van der Waals surface area contributed by atoms with Gasteiger partial charge in [0.05, 0.1) is 0 Å². The van der Waals surface area contributed by atoms with E-state index in [4.69, 9.17) is 6.65 Å². The summed E-state index contributed by atoms with van der Waals surface area (Å²) in [5, 5.41) is 0. The van der Waals surface area contributed by atoms with Gasteiger partial charge in [-0.3, -0.25) is 0 Å². The second-order valence-corrected chi connectivity index (χ2v) is 0.344. The molecule has 0 unspecified atom stereocenters. The Bertz CT molecular complexity index is 31.8. The molecule has 0 bridgehead atoms. The third-order valence-corrected chi connectivity index (χ3v) is 0. The van der Waals surface area contributed by atoms with Crippen LogP contribution < -0.4 is 51.4 Å². The average Bonchev–Trinajstić information content (AvgIpc) is 0.918. The zero-order valence-electron chi connectivity index (χ0n) is 3.82. The van der Waals surface area contributed by atoms with Crippen molar-refractivity contribution in [1.29, 1.82) is 0 Å². The molecule has 0 aromatic carbocycles. The number of hydrogen-bond acceptors (Lipinski definition) is 2. The Morgan fingerprint density at radius 3 is 1.40 bits per heavy atom. The molecule has 3 nitrogen and oxygen atoms in total. The Hall–Kier alpha value is 1.91. The molecule has 0 spiro atoms. The Morgan fingerprint density at radius 1 is 1.40 bits per heavy atom. The first-order valence-electron chi connectivity index (χ1n) is 0.408. The van der Waals surface area contributed by atoms with E-state index in [1.807, 2.05) is 0 Å².